The van der Waals surface area contributed by atoms with Gasteiger partial charge in [-0.3, -0.25) is 4.79 Å². The third kappa shape index (κ3) is 2.26. The maximum absolute atomic E-state index is 13.9. The van der Waals surface area contributed by atoms with Crippen molar-refractivity contribution in [3.63, 3.8) is 0 Å². The van der Waals surface area contributed by atoms with Gasteiger partial charge in [0.15, 0.2) is 11.3 Å². The van der Waals surface area contributed by atoms with Crippen molar-refractivity contribution < 1.29 is 9.18 Å². The summed E-state index contributed by atoms with van der Waals surface area (Å²) < 4.78 is 15.4. The molecule has 7 heteroatoms. The number of amides is 1. The number of nitrogens with zero attached hydrogens (tertiary/aromatic N) is 4. The van der Waals surface area contributed by atoms with Gasteiger partial charge in [-0.15, -0.1) is 0 Å². The van der Waals surface area contributed by atoms with Crippen LogP contribution < -0.4 is 0 Å². The maximum atomic E-state index is 13.9. The summed E-state index contributed by atoms with van der Waals surface area (Å²) >= 11 is 5.76. The summed E-state index contributed by atoms with van der Waals surface area (Å²) in [6.45, 7) is 1.43. The lowest BCUT2D eigenvalue weighted by Gasteiger charge is -2.30. The van der Waals surface area contributed by atoms with Gasteiger partial charge in [-0.25, -0.2) is 13.9 Å². The standard InChI is InChI=1S/C16H12ClFN4O/c17-11-5-4-10(9-12(11)18)15-14(16(23)21-7-2-8-21)20-13-3-1-6-19-22(13)15/h1,3-6,9H,2,7-8H2. The van der Waals surface area contributed by atoms with Gasteiger partial charge in [0.2, 0.25) is 0 Å². The second kappa shape index (κ2) is 5.31. The highest BCUT2D eigenvalue weighted by Crippen LogP contribution is 2.29. The number of halogens is 2. The van der Waals surface area contributed by atoms with Gasteiger partial charge in [-0.2, -0.15) is 5.10 Å². The Morgan fingerprint density at radius 1 is 1.26 bits per heavy atom. The molecule has 0 atom stereocenters. The van der Waals surface area contributed by atoms with E-state index in [1.165, 1.54) is 12.1 Å². The Morgan fingerprint density at radius 2 is 2.09 bits per heavy atom. The molecule has 0 saturated carbocycles. The van der Waals surface area contributed by atoms with Crippen molar-refractivity contribution in [1.29, 1.82) is 0 Å². The molecule has 0 N–H and O–H groups in total. The molecule has 1 fully saturated rings. The molecule has 0 radical (unpaired) electrons. The van der Waals surface area contributed by atoms with Gasteiger partial charge in [-0.05, 0) is 30.7 Å². The van der Waals surface area contributed by atoms with E-state index < -0.39 is 5.82 Å². The van der Waals surface area contributed by atoms with Crippen molar-refractivity contribution in [2.45, 2.75) is 6.42 Å². The quantitative estimate of drug-likeness (QED) is 0.725. The first kappa shape index (κ1) is 14.1. The Bertz CT molecular complexity index is 920. The van der Waals surface area contributed by atoms with Crippen LogP contribution in [0.15, 0.2) is 36.5 Å². The van der Waals surface area contributed by atoms with E-state index in [0.717, 1.165) is 6.42 Å². The Labute approximate surface area is 136 Å². The van der Waals surface area contributed by atoms with Crippen LogP contribution >= 0.6 is 11.6 Å². The van der Waals surface area contributed by atoms with Crippen LogP contribution in [0.3, 0.4) is 0 Å². The van der Waals surface area contributed by atoms with Crippen molar-refractivity contribution in [2.24, 2.45) is 0 Å². The summed E-state index contributed by atoms with van der Waals surface area (Å²) in [7, 11) is 0. The SMILES string of the molecule is O=C(c1nc2cccnn2c1-c1ccc(Cl)c(F)c1)N1CCC1. The highest BCUT2D eigenvalue weighted by Gasteiger charge is 2.28. The van der Waals surface area contributed by atoms with E-state index in [0.29, 0.717) is 30.0 Å². The second-order valence-corrected chi connectivity index (χ2v) is 5.78. The van der Waals surface area contributed by atoms with E-state index in [1.54, 1.807) is 33.8 Å². The molecule has 5 nitrogen and oxygen atoms in total. The minimum Gasteiger partial charge on any atom is -0.337 e. The molecular formula is C16H12ClFN4O. The molecule has 2 aromatic heterocycles. The molecule has 3 heterocycles. The number of fused-ring (bicyclic) bond motifs is 1. The molecule has 1 saturated heterocycles. The highest BCUT2D eigenvalue weighted by molar-refractivity contribution is 6.30. The van der Waals surface area contributed by atoms with Crippen molar-refractivity contribution >= 4 is 23.2 Å². The van der Waals surface area contributed by atoms with Crippen molar-refractivity contribution in [3.8, 4) is 11.3 Å². The van der Waals surface area contributed by atoms with Crippen LogP contribution in [0, 0.1) is 5.82 Å². The molecule has 23 heavy (non-hydrogen) atoms. The van der Waals surface area contributed by atoms with E-state index in [1.807, 2.05) is 0 Å². The van der Waals surface area contributed by atoms with E-state index >= 15 is 0 Å². The van der Waals surface area contributed by atoms with E-state index in [2.05, 4.69) is 10.1 Å². The van der Waals surface area contributed by atoms with Gasteiger partial charge in [-0.1, -0.05) is 17.7 Å². The van der Waals surface area contributed by atoms with Crippen LogP contribution in [-0.2, 0) is 0 Å². The fourth-order valence-corrected chi connectivity index (χ4v) is 2.73. The van der Waals surface area contributed by atoms with Crippen LogP contribution in [0.25, 0.3) is 16.9 Å². The summed E-state index contributed by atoms with van der Waals surface area (Å²) in [5.41, 5.74) is 1.82. The fourth-order valence-electron chi connectivity index (χ4n) is 2.61. The lowest BCUT2D eigenvalue weighted by Crippen LogP contribution is -2.42. The number of hydrogen-bond donors (Lipinski definition) is 0. The summed E-state index contributed by atoms with van der Waals surface area (Å²) in [6.07, 6.45) is 2.59. The van der Waals surface area contributed by atoms with Gasteiger partial charge in [0.1, 0.15) is 11.5 Å². The topological polar surface area (TPSA) is 50.5 Å². The average Bonchev–Trinajstić information content (AvgIpc) is 2.88. The number of carbonyl (C=O) groups excluding carboxylic acids is 1. The molecule has 0 aliphatic carbocycles. The number of imidazole rings is 1. The molecule has 1 aromatic carbocycles. The van der Waals surface area contributed by atoms with Gasteiger partial charge in [0.05, 0.1) is 5.02 Å². The molecule has 0 unspecified atom stereocenters. The van der Waals surface area contributed by atoms with Gasteiger partial charge >= 0.3 is 0 Å². The summed E-state index contributed by atoms with van der Waals surface area (Å²) in [4.78, 5) is 18.8. The average molecular weight is 331 g/mol. The van der Waals surface area contributed by atoms with Crippen LogP contribution in [0.2, 0.25) is 5.02 Å². The van der Waals surface area contributed by atoms with E-state index in [9.17, 15) is 9.18 Å². The van der Waals surface area contributed by atoms with Gasteiger partial charge < -0.3 is 4.90 Å². The molecule has 0 bridgehead atoms. The largest absolute Gasteiger partial charge is 0.337 e. The first-order valence-corrected chi connectivity index (χ1v) is 7.61. The molecule has 116 valence electrons. The predicted molar refractivity (Wildman–Crippen MR) is 83.9 cm³/mol. The summed E-state index contributed by atoms with van der Waals surface area (Å²) in [5, 5.41) is 4.28. The summed E-state index contributed by atoms with van der Waals surface area (Å²) in [6, 6.07) is 7.93. The first-order valence-electron chi connectivity index (χ1n) is 7.23. The number of aromatic nitrogens is 3. The molecule has 0 spiro atoms. The summed E-state index contributed by atoms with van der Waals surface area (Å²) in [5.74, 6) is -0.704. The number of carbonyl (C=O) groups is 1. The number of likely N-dealkylation sites (tertiary alicyclic amines) is 1. The number of rotatable bonds is 2. The Hall–Kier alpha value is -2.47. The zero-order chi connectivity index (χ0) is 16.0. The third-order valence-electron chi connectivity index (χ3n) is 3.93. The highest BCUT2D eigenvalue weighted by atomic mass is 35.5. The fraction of sp³-hybridized carbons (Fsp3) is 0.188. The molecule has 1 aliphatic rings. The molecule has 4 rings (SSSR count). The Morgan fingerprint density at radius 3 is 2.78 bits per heavy atom. The van der Waals surface area contributed by atoms with Crippen LogP contribution in [0.4, 0.5) is 4.39 Å². The van der Waals surface area contributed by atoms with Crippen molar-refractivity contribution in [2.75, 3.05) is 13.1 Å². The number of benzene rings is 1. The lowest BCUT2D eigenvalue weighted by molar-refractivity contribution is 0.0647. The van der Waals surface area contributed by atoms with Crippen molar-refractivity contribution in [1.82, 2.24) is 19.5 Å². The molecule has 3 aromatic rings. The normalized spacial score (nSPS) is 14.1. The first-order chi connectivity index (χ1) is 11.1. The van der Waals surface area contributed by atoms with Crippen LogP contribution in [0.1, 0.15) is 16.9 Å². The smallest absolute Gasteiger partial charge is 0.274 e. The molecular weight excluding hydrogens is 319 g/mol. The van der Waals surface area contributed by atoms with Crippen LogP contribution in [-0.4, -0.2) is 38.5 Å². The van der Waals surface area contributed by atoms with Crippen LogP contribution in [0.5, 0.6) is 0 Å². The minimum absolute atomic E-state index is 0.0335. The zero-order valence-electron chi connectivity index (χ0n) is 12.0. The Kier molecular flexibility index (Phi) is 3.27. The second-order valence-electron chi connectivity index (χ2n) is 5.38. The lowest BCUT2D eigenvalue weighted by atomic mass is 10.1. The number of hydrogen-bond acceptors (Lipinski definition) is 3. The van der Waals surface area contributed by atoms with Gasteiger partial charge in [0, 0.05) is 24.8 Å². The minimum atomic E-state index is -0.544. The zero-order valence-corrected chi connectivity index (χ0v) is 12.8. The Balaban J connectivity index is 1.95. The van der Waals surface area contributed by atoms with E-state index in [4.69, 9.17) is 11.6 Å². The maximum Gasteiger partial charge on any atom is 0.274 e. The molecule has 1 amide bonds. The van der Waals surface area contributed by atoms with Crippen molar-refractivity contribution in [3.05, 3.63) is 53.1 Å². The van der Waals surface area contributed by atoms with Gasteiger partial charge in [0.25, 0.3) is 5.91 Å². The monoisotopic (exact) mass is 330 g/mol. The predicted octanol–water partition coefficient (Wildman–Crippen LogP) is 3.03. The van der Waals surface area contributed by atoms with E-state index in [-0.39, 0.29) is 16.6 Å². The third-order valence-corrected chi connectivity index (χ3v) is 4.24. The molecule has 1 aliphatic heterocycles.